The Morgan fingerprint density at radius 2 is 2.08 bits per heavy atom. The molecule has 3 heteroatoms. The van der Waals surface area contributed by atoms with Gasteiger partial charge in [-0.05, 0) is 12.3 Å². The van der Waals surface area contributed by atoms with Gasteiger partial charge < -0.3 is 0 Å². The monoisotopic (exact) mass is 172 g/mol. The first-order valence-electron chi connectivity index (χ1n) is 4.68. The summed E-state index contributed by atoms with van der Waals surface area (Å²) in [6.07, 6.45) is 2.84. The summed E-state index contributed by atoms with van der Waals surface area (Å²) in [6.45, 7) is 7.05. The quantitative estimate of drug-likeness (QED) is 0.470. The van der Waals surface area contributed by atoms with E-state index >= 15 is 0 Å². The summed E-state index contributed by atoms with van der Waals surface area (Å²) in [5, 5.41) is 0. The fourth-order valence-corrected chi connectivity index (χ4v) is 0.848. The van der Waals surface area contributed by atoms with Gasteiger partial charge >= 0.3 is 0 Å². The molecule has 0 bridgehead atoms. The summed E-state index contributed by atoms with van der Waals surface area (Å²) >= 11 is 0. The maximum Gasteiger partial charge on any atom is 0.234 e. The van der Waals surface area contributed by atoms with Crippen LogP contribution in [0.15, 0.2) is 0 Å². The molecule has 0 rings (SSSR count). The van der Waals surface area contributed by atoms with E-state index in [-0.39, 0.29) is 5.91 Å². The molecule has 0 aromatic carbocycles. The molecule has 0 atom stereocenters. The van der Waals surface area contributed by atoms with Crippen LogP contribution in [0.25, 0.3) is 0 Å². The molecule has 0 aliphatic heterocycles. The van der Waals surface area contributed by atoms with Crippen molar-refractivity contribution >= 4 is 5.91 Å². The number of unbranched alkanes of at least 4 members (excludes halogenated alkanes) is 1. The number of carbonyl (C=O) groups is 1. The average molecular weight is 172 g/mol. The first kappa shape index (κ1) is 11.4. The van der Waals surface area contributed by atoms with Crippen molar-refractivity contribution in [2.24, 2.45) is 5.92 Å². The largest absolute Gasteiger partial charge is 0.292 e. The third-order valence-corrected chi connectivity index (χ3v) is 1.48. The second-order valence-electron chi connectivity index (χ2n) is 3.43. The number of hydrogen-bond donors (Lipinski definition) is 2. The van der Waals surface area contributed by atoms with Crippen LogP contribution in [0.5, 0.6) is 0 Å². The summed E-state index contributed by atoms with van der Waals surface area (Å²) in [4.78, 5) is 11.0. The van der Waals surface area contributed by atoms with Gasteiger partial charge in [-0.25, -0.2) is 5.43 Å². The molecule has 0 heterocycles. The highest BCUT2D eigenvalue weighted by Crippen LogP contribution is 1.96. The van der Waals surface area contributed by atoms with Crippen LogP contribution >= 0.6 is 0 Å². The van der Waals surface area contributed by atoms with E-state index in [1.807, 2.05) is 13.8 Å². The van der Waals surface area contributed by atoms with Crippen molar-refractivity contribution in [1.82, 2.24) is 10.9 Å². The molecule has 12 heavy (non-hydrogen) atoms. The predicted octanol–water partition coefficient (Wildman–Crippen LogP) is 1.45. The summed E-state index contributed by atoms with van der Waals surface area (Å²) in [7, 11) is 0. The van der Waals surface area contributed by atoms with Crippen LogP contribution in [0.4, 0.5) is 0 Å². The van der Waals surface area contributed by atoms with Crippen LogP contribution in [-0.4, -0.2) is 12.5 Å². The fraction of sp³-hybridized carbons (Fsp3) is 0.889. The Kier molecular flexibility index (Phi) is 6.76. The molecule has 2 N–H and O–H groups in total. The van der Waals surface area contributed by atoms with E-state index in [2.05, 4.69) is 17.8 Å². The summed E-state index contributed by atoms with van der Waals surface area (Å²) in [6, 6.07) is 0. The Balaban J connectivity index is 3.20. The van der Waals surface area contributed by atoms with Gasteiger partial charge in [-0.3, -0.25) is 10.2 Å². The molecule has 0 fully saturated rings. The number of nitrogens with one attached hydrogen (secondary N) is 2. The molecule has 0 radical (unpaired) electrons. The molecule has 0 aromatic rings. The average Bonchev–Trinajstić information content (AvgIpc) is 1.97. The second kappa shape index (κ2) is 7.10. The molecule has 0 spiro atoms. The number of amides is 1. The normalized spacial score (nSPS) is 10.3. The van der Waals surface area contributed by atoms with Crippen molar-refractivity contribution < 1.29 is 4.79 Å². The smallest absolute Gasteiger partial charge is 0.234 e. The van der Waals surface area contributed by atoms with Gasteiger partial charge in [0, 0.05) is 13.0 Å². The van der Waals surface area contributed by atoms with Gasteiger partial charge in [0.15, 0.2) is 0 Å². The minimum atomic E-state index is 0.0844. The standard InChI is InChI=1S/C9H20N2O/c1-4-5-6-10-11-9(12)7-8(2)3/h8,10H,4-7H2,1-3H3,(H,11,12). The molecule has 1 amide bonds. The van der Waals surface area contributed by atoms with Crippen LogP contribution < -0.4 is 10.9 Å². The molecular formula is C9H20N2O. The predicted molar refractivity (Wildman–Crippen MR) is 50.5 cm³/mol. The van der Waals surface area contributed by atoms with E-state index in [9.17, 15) is 4.79 Å². The van der Waals surface area contributed by atoms with Gasteiger partial charge in [-0.15, -0.1) is 0 Å². The first-order valence-corrected chi connectivity index (χ1v) is 4.68. The molecule has 0 aliphatic carbocycles. The van der Waals surface area contributed by atoms with Crippen molar-refractivity contribution in [3.63, 3.8) is 0 Å². The van der Waals surface area contributed by atoms with E-state index in [1.165, 1.54) is 0 Å². The van der Waals surface area contributed by atoms with Gasteiger partial charge in [-0.1, -0.05) is 27.2 Å². The third-order valence-electron chi connectivity index (χ3n) is 1.48. The second-order valence-corrected chi connectivity index (χ2v) is 3.43. The zero-order chi connectivity index (χ0) is 9.40. The van der Waals surface area contributed by atoms with Crippen molar-refractivity contribution in [1.29, 1.82) is 0 Å². The molecule has 0 saturated heterocycles. The zero-order valence-electron chi connectivity index (χ0n) is 8.31. The van der Waals surface area contributed by atoms with Crippen LogP contribution in [0.3, 0.4) is 0 Å². The minimum Gasteiger partial charge on any atom is -0.292 e. The lowest BCUT2D eigenvalue weighted by Crippen LogP contribution is -2.38. The molecule has 0 aromatic heterocycles. The van der Waals surface area contributed by atoms with E-state index in [4.69, 9.17) is 0 Å². The maximum atomic E-state index is 11.0. The van der Waals surface area contributed by atoms with E-state index < -0.39 is 0 Å². The highest BCUT2D eigenvalue weighted by Gasteiger charge is 2.02. The van der Waals surface area contributed by atoms with Crippen molar-refractivity contribution in [2.75, 3.05) is 6.54 Å². The fourth-order valence-electron chi connectivity index (χ4n) is 0.848. The Labute approximate surface area is 74.9 Å². The number of carbonyl (C=O) groups excluding carboxylic acids is 1. The van der Waals surface area contributed by atoms with Crippen LogP contribution in [0.2, 0.25) is 0 Å². The minimum absolute atomic E-state index is 0.0844. The van der Waals surface area contributed by atoms with Crippen LogP contribution in [0, 0.1) is 5.92 Å². The van der Waals surface area contributed by atoms with Crippen LogP contribution in [-0.2, 0) is 4.79 Å². The lowest BCUT2D eigenvalue weighted by Gasteiger charge is -2.07. The molecular weight excluding hydrogens is 152 g/mol. The Morgan fingerprint density at radius 3 is 2.58 bits per heavy atom. The Bertz CT molecular complexity index is 124. The van der Waals surface area contributed by atoms with E-state index in [0.717, 1.165) is 19.4 Å². The zero-order valence-corrected chi connectivity index (χ0v) is 8.31. The number of hydrogen-bond acceptors (Lipinski definition) is 2. The van der Waals surface area contributed by atoms with Gasteiger partial charge in [0.05, 0.1) is 0 Å². The molecule has 0 saturated carbocycles. The van der Waals surface area contributed by atoms with E-state index in [1.54, 1.807) is 0 Å². The Hall–Kier alpha value is -0.570. The summed E-state index contributed by atoms with van der Waals surface area (Å²) in [5.41, 5.74) is 5.55. The molecule has 3 nitrogen and oxygen atoms in total. The topological polar surface area (TPSA) is 41.1 Å². The van der Waals surface area contributed by atoms with Crippen molar-refractivity contribution in [3.05, 3.63) is 0 Å². The van der Waals surface area contributed by atoms with Crippen molar-refractivity contribution in [3.8, 4) is 0 Å². The maximum absolute atomic E-state index is 11.0. The summed E-state index contributed by atoms with van der Waals surface area (Å²) < 4.78 is 0. The SMILES string of the molecule is CCCCNNC(=O)CC(C)C. The van der Waals surface area contributed by atoms with Gasteiger partial charge in [0.1, 0.15) is 0 Å². The molecule has 72 valence electrons. The lowest BCUT2D eigenvalue weighted by atomic mass is 10.1. The lowest BCUT2D eigenvalue weighted by molar-refractivity contribution is -0.122. The molecule has 0 unspecified atom stereocenters. The van der Waals surface area contributed by atoms with Gasteiger partial charge in [0.2, 0.25) is 5.91 Å². The highest BCUT2D eigenvalue weighted by atomic mass is 16.2. The Morgan fingerprint density at radius 1 is 1.42 bits per heavy atom. The highest BCUT2D eigenvalue weighted by molar-refractivity contribution is 5.75. The van der Waals surface area contributed by atoms with Crippen molar-refractivity contribution in [2.45, 2.75) is 40.0 Å². The third kappa shape index (κ3) is 7.54. The first-order chi connectivity index (χ1) is 5.66. The number of rotatable bonds is 6. The summed E-state index contributed by atoms with van der Waals surface area (Å²) in [5.74, 6) is 0.513. The number of hydrazine groups is 1. The van der Waals surface area contributed by atoms with Gasteiger partial charge in [0.25, 0.3) is 0 Å². The van der Waals surface area contributed by atoms with Gasteiger partial charge in [-0.2, -0.15) is 0 Å². The van der Waals surface area contributed by atoms with E-state index in [0.29, 0.717) is 12.3 Å². The van der Waals surface area contributed by atoms with Crippen LogP contribution in [0.1, 0.15) is 40.0 Å². The molecule has 0 aliphatic rings.